The van der Waals surface area contributed by atoms with Gasteiger partial charge < -0.3 is 14.4 Å². The maximum atomic E-state index is 12.4. The Kier molecular flexibility index (Phi) is 6.85. The van der Waals surface area contributed by atoms with E-state index in [9.17, 15) is 9.59 Å². The molecule has 0 atom stereocenters. The zero-order valence-electron chi connectivity index (χ0n) is 16.9. The molecule has 3 rings (SSSR count). The van der Waals surface area contributed by atoms with Crippen LogP contribution in [-0.4, -0.2) is 58.4 Å². The van der Waals surface area contributed by atoms with Crippen molar-refractivity contribution in [2.75, 3.05) is 27.2 Å². The van der Waals surface area contributed by atoms with Gasteiger partial charge in [0.1, 0.15) is 6.54 Å². The Bertz CT molecular complexity index is 760. The van der Waals surface area contributed by atoms with E-state index < -0.39 is 0 Å². The maximum absolute atomic E-state index is 12.4. The molecule has 2 amide bonds. The van der Waals surface area contributed by atoms with E-state index in [4.69, 9.17) is 0 Å². The zero-order chi connectivity index (χ0) is 19.9. The number of likely N-dealkylation sites (tertiary alicyclic amines) is 1. The first-order valence-corrected chi connectivity index (χ1v) is 10.0. The molecule has 0 aliphatic carbocycles. The Labute approximate surface area is 167 Å². The molecule has 2 aromatic rings. The van der Waals surface area contributed by atoms with Crippen LogP contribution >= 0.6 is 0 Å². The minimum atomic E-state index is 0.165. The largest absolute Gasteiger partial charge is 0.349 e. The second kappa shape index (κ2) is 9.53. The molecule has 0 N–H and O–H groups in total. The van der Waals surface area contributed by atoms with E-state index in [0.29, 0.717) is 18.9 Å². The highest BCUT2D eigenvalue weighted by atomic mass is 16.2. The summed E-state index contributed by atoms with van der Waals surface area (Å²) in [4.78, 5) is 31.7. The van der Waals surface area contributed by atoms with Gasteiger partial charge in [0, 0.05) is 46.0 Å². The number of nitrogens with zero attached hydrogens (tertiary/aromatic N) is 4. The highest BCUT2D eigenvalue weighted by Crippen LogP contribution is 2.22. The van der Waals surface area contributed by atoms with Gasteiger partial charge in [0.25, 0.3) is 0 Å². The SMILES string of the molecule is CN(C)C(=O)CCc1ccc(CC2CCN(C(=O)Cn3ccnc3)CC2)cc1. The maximum Gasteiger partial charge on any atom is 0.242 e. The first-order valence-electron chi connectivity index (χ1n) is 10.0. The smallest absolute Gasteiger partial charge is 0.242 e. The first kappa shape index (κ1) is 20.1. The number of hydrogen-bond donors (Lipinski definition) is 0. The van der Waals surface area contributed by atoms with E-state index in [1.807, 2.05) is 15.7 Å². The van der Waals surface area contributed by atoms with E-state index in [2.05, 4.69) is 29.2 Å². The topological polar surface area (TPSA) is 58.4 Å². The second-order valence-corrected chi connectivity index (χ2v) is 7.87. The van der Waals surface area contributed by atoms with Crippen LogP contribution in [0.4, 0.5) is 0 Å². The minimum Gasteiger partial charge on any atom is -0.349 e. The fourth-order valence-corrected chi connectivity index (χ4v) is 3.67. The van der Waals surface area contributed by atoms with Crippen LogP contribution in [0.3, 0.4) is 0 Å². The lowest BCUT2D eigenvalue weighted by atomic mass is 9.89. The zero-order valence-corrected chi connectivity index (χ0v) is 16.9. The third-order valence-corrected chi connectivity index (χ3v) is 5.52. The summed E-state index contributed by atoms with van der Waals surface area (Å²) in [5.74, 6) is 0.963. The molecular formula is C22H30N4O2. The van der Waals surface area contributed by atoms with Gasteiger partial charge in [-0.05, 0) is 42.7 Å². The highest BCUT2D eigenvalue weighted by Gasteiger charge is 2.23. The molecule has 28 heavy (non-hydrogen) atoms. The van der Waals surface area contributed by atoms with E-state index in [-0.39, 0.29) is 11.8 Å². The molecule has 6 nitrogen and oxygen atoms in total. The van der Waals surface area contributed by atoms with Gasteiger partial charge in [-0.3, -0.25) is 9.59 Å². The van der Waals surface area contributed by atoms with Gasteiger partial charge in [0.05, 0.1) is 6.33 Å². The van der Waals surface area contributed by atoms with Crippen LogP contribution in [0.1, 0.15) is 30.4 Å². The van der Waals surface area contributed by atoms with Crippen LogP contribution in [0.5, 0.6) is 0 Å². The molecule has 1 aliphatic rings. The van der Waals surface area contributed by atoms with Crippen molar-refractivity contribution in [3.63, 3.8) is 0 Å². The molecule has 1 aliphatic heterocycles. The highest BCUT2D eigenvalue weighted by molar-refractivity contribution is 5.76. The molecule has 1 aromatic heterocycles. The van der Waals surface area contributed by atoms with E-state index in [1.54, 1.807) is 31.5 Å². The fourth-order valence-electron chi connectivity index (χ4n) is 3.67. The number of piperidine rings is 1. The van der Waals surface area contributed by atoms with Crippen molar-refractivity contribution in [3.8, 4) is 0 Å². The van der Waals surface area contributed by atoms with Crippen molar-refractivity contribution in [2.24, 2.45) is 5.92 Å². The molecule has 1 saturated heterocycles. The monoisotopic (exact) mass is 382 g/mol. The Balaban J connectivity index is 1.42. The van der Waals surface area contributed by atoms with Crippen molar-refractivity contribution in [1.82, 2.24) is 19.4 Å². The Morgan fingerprint density at radius 2 is 1.79 bits per heavy atom. The van der Waals surface area contributed by atoms with Gasteiger partial charge in [0.15, 0.2) is 0 Å². The van der Waals surface area contributed by atoms with E-state index in [1.165, 1.54) is 11.1 Å². The molecule has 1 aromatic carbocycles. The number of amides is 2. The fraction of sp³-hybridized carbons (Fsp3) is 0.500. The van der Waals surface area contributed by atoms with Gasteiger partial charge >= 0.3 is 0 Å². The lowest BCUT2D eigenvalue weighted by molar-refractivity contribution is -0.133. The molecule has 150 valence electrons. The number of carbonyl (C=O) groups is 2. The minimum absolute atomic E-state index is 0.165. The number of aromatic nitrogens is 2. The van der Waals surface area contributed by atoms with Gasteiger partial charge in [-0.1, -0.05) is 24.3 Å². The van der Waals surface area contributed by atoms with Crippen LogP contribution in [0.2, 0.25) is 0 Å². The predicted molar refractivity (Wildman–Crippen MR) is 109 cm³/mol. The van der Waals surface area contributed by atoms with E-state index in [0.717, 1.165) is 38.8 Å². The number of imidazole rings is 1. The second-order valence-electron chi connectivity index (χ2n) is 7.87. The van der Waals surface area contributed by atoms with Crippen LogP contribution in [0, 0.1) is 5.92 Å². The molecular weight excluding hydrogens is 352 g/mol. The van der Waals surface area contributed by atoms with Crippen LogP contribution in [0.25, 0.3) is 0 Å². The first-order chi connectivity index (χ1) is 13.5. The number of benzene rings is 1. The Morgan fingerprint density at radius 1 is 1.11 bits per heavy atom. The summed E-state index contributed by atoms with van der Waals surface area (Å²) < 4.78 is 1.82. The van der Waals surface area contributed by atoms with Gasteiger partial charge in [-0.25, -0.2) is 4.98 Å². The third-order valence-electron chi connectivity index (χ3n) is 5.52. The summed E-state index contributed by atoms with van der Waals surface area (Å²) in [6.07, 6.45) is 9.71. The summed E-state index contributed by atoms with van der Waals surface area (Å²) in [7, 11) is 3.59. The van der Waals surface area contributed by atoms with E-state index >= 15 is 0 Å². The van der Waals surface area contributed by atoms with Gasteiger partial charge in [-0.15, -0.1) is 0 Å². The van der Waals surface area contributed by atoms with Crippen LogP contribution in [0.15, 0.2) is 43.0 Å². The molecule has 6 heteroatoms. The van der Waals surface area contributed by atoms with Gasteiger partial charge in [-0.2, -0.15) is 0 Å². The summed E-state index contributed by atoms with van der Waals surface area (Å²) in [6, 6.07) is 8.65. The molecule has 2 heterocycles. The normalized spacial score (nSPS) is 14.9. The summed E-state index contributed by atoms with van der Waals surface area (Å²) >= 11 is 0. The summed E-state index contributed by atoms with van der Waals surface area (Å²) in [5.41, 5.74) is 2.55. The lowest BCUT2D eigenvalue weighted by Gasteiger charge is -2.32. The average Bonchev–Trinajstić information content (AvgIpc) is 3.20. The van der Waals surface area contributed by atoms with Crippen LogP contribution < -0.4 is 0 Å². The van der Waals surface area contributed by atoms with Gasteiger partial charge in [0.2, 0.25) is 11.8 Å². The number of aryl methyl sites for hydroxylation is 1. The van der Waals surface area contributed by atoms with Crippen LogP contribution in [-0.2, 0) is 29.0 Å². The molecule has 0 spiro atoms. The standard InChI is InChI=1S/C22H30N4O2/c1-24(2)21(27)8-7-18-3-5-19(6-4-18)15-20-9-12-26(13-10-20)22(28)16-25-14-11-23-17-25/h3-6,11,14,17,20H,7-10,12-13,15-16H2,1-2H3. The Morgan fingerprint density at radius 3 is 2.39 bits per heavy atom. The number of carbonyl (C=O) groups excluding carboxylic acids is 2. The lowest BCUT2D eigenvalue weighted by Crippen LogP contribution is -2.40. The number of hydrogen-bond acceptors (Lipinski definition) is 3. The average molecular weight is 383 g/mol. The van der Waals surface area contributed by atoms with Crippen molar-refractivity contribution in [3.05, 3.63) is 54.1 Å². The predicted octanol–water partition coefficient (Wildman–Crippen LogP) is 2.39. The number of rotatable bonds is 7. The summed E-state index contributed by atoms with van der Waals surface area (Å²) in [6.45, 7) is 2.05. The van der Waals surface area contributed by atoms with Crippen molar-refractivity contribution in [2.45, 2.75) is 38.6 Å². The molecule has 0 saturated carbocycles. The quantitative estimate of drug-likeness (QED) is 0.739. The van der Waals surface area contributed by atoms with Crippen molar-refractivity contribution >= 4 is 11.8 Å². The molecule has 0 unspecified atom stereocenters. The third kappa shape index (κ3) is 5.68. The Hall–Kier alpha value is -2.63. The molecule has 0 bridgehead atoms. The molecule has 1 fully saturated rings. The summed E-state index contributed by atoms with van der Waals surface area (Å²) in [5, 5.41) is 0. The van der Waals surface area contributed by atoms with Crippen molar-refractivity contribution in [1.29, 1.82) is 0 Å². The molecule has 0 radical (unpaired) electrons. The van der Waals surface area contributed by atoms with Crippen molar-refractivity contribution < 1.29 is 9.59 Å².